The predicted octanol–water partition coefficient (Wildman–Crippen LogP) is 2.06. The van der Waals surface area contributed by atoms with E-state index in [2.05, 4.69) is 92.4 Å². The molecule has 0 atom stereocenters. The van der Waals surface area contributed by atoms with Gasteiger partial charge in [-0.05, 0) is 51.9 Å². The highest BCUT2D eigenvalue weighted by Crippen LogP contribution is 2.36. The molecule has 0 amide bonds. The van der Waals surface area contributed by atoms with Crippen molar-refractivity contribution in [3.05, 3.63) is 89.5 Å². The quantitative estimate of drug-likeness (QED) is 0.239. The lowest BCUT2D eigenvalue weighted by molar-refractivity contribution is 0.265. The Morgan fingerprint density at radius 3 is 0.763 bits per heavy atom. The molecule has 0 fully saturated rings. The van der Waals surface area contributed by atoms with Gasteiger partial charge < -0.3 is 26.6 Å². The smallest absolute Gasteiger partial charge is 0.368 e. The second-order valence-electron chi connectivity index (χ2n) is 9.92. The van der Waals surface area contributed by atoms with Crippen molar-refractivity contribution >= 4 is 51.5 Å². The summed E-state index contributed by atoms with van der Waals surface area (Å²) in [5.74, 6) is 0. The van der Waals surface area contributed by atoms with Crippen molar-refractivity contribution in [2.45, 2.75) is 24.7 Å². The molecule has 0 bridgehead atoms. The van der Waals surface area contributed by atoms with Crippen LogP contribution in [0.4, 0.5) is 0 Å². The highest BCUT2D eigenvalue weighted by atomic mass is 28.4. The minimum absolute atomic E-state index is 0.288. The van der Waals surface area contributed by atoms with Crippen LogP contribution < -0.4 is 15.6 Å². The third-order valence-corrected chi connectivity index (χ3v) is 18.8. The lowest BCUT2D eigenvalue weighted by Crippen LogP contribution is -2.50. The van der Waals surface area contributed by atoms with Crippen LogP contribution in [0, 0.1) is 0 Å². The lowest BCUT2D eigenvalue weighted by Gasteiger charge is -2.34. The van der Waals surface area contributed by atoms with Crippen LogP contribution in [-0.2, 0) is 31.6 Å². The first-order valence-corrected chi connectivity index (χ1v) is 20.6. The maximum absolute atomic E-state index is 5.79. The second-order valence-corrected chi connectivity index (χ2v) is 21.3. The zero-order valence-electron chi connectivity index (χ0n) is 24.4. The van der Waals surface area contributed by atoms with Crippen molar-refractivity contribution in [1.29, 1.82) is 0 Å². The van der Waals surface area contributed by atoms with Crippen molar-refractivity contribution in [2.75, 3.05) is 42.7 Å². The van der Waals surface area contributed by atoms with Crippen molar-refractivity contribution in [3.63, 3.8) is 0 Å². The minimum atomic E-state index is -2.42. The Kier molecular flexibility index (Phi) is 9.90. The Hall–Kier alpha value is -1.71. The number of rotatable bonds is 12. The molecule has 206 valence electrons. The molecule has 3 aromatic carbocycles. The fraction of sp³-hybridized carbons (Fsp3) is 0.357. The van der Waals surface area contributed by atoms with Crippen molar-refractivity contribution in [1.82, 2.24) is 0 Å². The van der Waals surface area contributed by atoms with Crippen LogP contribution in [0.1, 0.15) is 16.7 Å². The number of benzene rings is 3. The van der Waals surface area contributed by atoms with Crippen molar-refractivity contribution in [2.24, 2.45) is 0 Å². The van der Waals surface area contributed by atoms with Crippen LogP contribution in [0.3, 0.4) is 0 Å². The summed E-state index contributed by atoms with van der Waals surface area (Å²) < 4.78 is 34.7. The maximum Gasteiger partial charge on any atom is 0.368 e. The van der Waals surface area contributed by atoms with Gasteiger partial charge in [-0.3, -0.25) is 0 Å². The van der Waals surface area contributed by atoms with E-state index in [4.69, 9.17) is 26.6 Å². The molecular formula is C28H42O6Si4. The molecule has 0 aromatic heterocycles. The highest BCUT2D eigenvalue weighted by Gasteiger charge is 2.37. The van der Waals surface area contributed by atoms with Crippen LogP contribution in [0.25, 0.3) is 0 Å². The molecule has 0 radical (unpaired) electrons. The van der Waals surface area contributed by atoms with E-state index >= 15 is 0 Å². The Morgan fingerprint density at radius 1 is 0.421 bits per heavy atom. The molecule has 3 rings (SSSR count). The average Bonchev–Trinajstić information content (AvgIpc) is 2.99. The molecular weight excluding hydrogens is 545 g/mol. The van der Waals surface area contributed by atoms with E-state index in [0.29, 0.717) is 0 Å². The Labute approximate surface area is 234 Å². The first kappa shape index (κ1) is 30.8. The molecule has 0 aliphatic heterocycles. The molecule has 0 saturated carbocycles. The molecule has 38 heavy (non-hydrogen) atoms. The van der Waals surface area contributed by atoms with E-state index in [9.17, 15) is 0 Å². The molecule has 0 N–H and O–H groups in total. The summed E-state index contributed by atoms with van der Waals surface area (Å²) >= 11 is 0. The predicted molar refractivity (Wildman–Crippen MR) is 165 cm³/mol. The SMILES string of the molecule is CO[Si](C)(OC)c1ccc(C([SiH3])(c2ccc([Si](C)(OC)OC)cc2)c2ccc([Si](C)(OC)OC)cc2)cc1. The van der Waals surface area contributed by atoms with Gasteiger partial charge in [0.25, 0.3) is 0 Å². The highest BCUT2D eigenvalue weighted by molar-refractivity contribution is 6.80. The zero-order chi connectivity index (χ0) is 28.2. The second kappa shape index (κ2) is 12.2. The van der Waals surface area contributed by atoms with Crippen LogP contribution in [-0.4, -0.2) is 78.6 Å². The summed E-state index contributed by atoms with van der Waals surface area (Å²) in [5.41, 5.74) is 3.69. The molecule has 10 heteroatoms. The van der Waals surface area contributed by atoms with Gasteiger partial charge in [-0.25, -0.2) is 0 Å². The molecule has 0 saturated heterocycles. The fourth-order valence-electron chi connectivity index (χ4n) is 4.78. The van der Waals surface area contributed by atoms with Crippen LogP contribution in [0.2, 0.25) is 19.6 Å². The third-order valence-electron chi connectivity index (χ3n) is 8.30. The third kappa shape index (κ3) is 5.61. The Morgan fingerprint density at radius 2 is 0.605 bits per heavy atom. The normalized spacial score (nSPS) is 13.2. The molecule has 0 aliphatic carbocycles. The van der Waals surface area contributed by atoms with Gasteiger partial charge in [-0.15, -0.1) is 0 Å². The van der Waals surface area contributed by atoms with E-state index in [-0.39, 0.29) is 5.04 Å². The lowest BCUT2D eigenvalue weighted by atomic mass is 9.84. The summed E-state index contributed by atoms with van der Waals surface area (Å²) in [6, 6.07) is 26.3. The summed E-state index contributed by atoms with van der Waals surface area (Å²) in [7, 11) is 3.90. The van der Waals surface area contributed by atoms with Gasteiger partial charge in [-0.2, -0.15) is 0 Å². The fourth-order valence-corrected chi connectivity index (χ4v) is 10.0. The summed E-state index contributed by atoms with van der Waals surface area (Å²) in [5, 5.41) is 3.02. The van der Waals surface area contributed by atoms with E-state index in [1.807, 2.05) is 0 Å². The minimum Gasteiger partial charge on any atom is -0.394 e. The van der Waals surface area contributed by atoms with Crippen LogP contribution in [0.15, 0.2) is 72.8 Å². The van der Waals surface area contributed by atoms with Crippen molar-refractivity contribution < 1.29 is 26.6 Å². The average molecular weight is 587 g/mol. The van der Waals surface area contributed by atoms with E-state index in [0.717, 1.165) is 25.8 Å². The van der Waals surface area contributed by atoms with Gasteiger partial charge in [-0.1, -0.05) is 72.8 Å². The van der Waals surface area contributed by atoms with Gasteiger partial charge in [0.2, 0.25) is 0 Å². The first-order chi connectivity index (χ1) is 18.0. The molecule has 0 heterocycles. The molecule has 3 aromatic rings. The maximum atomic E-state index is 5.79. The van der Waals surface area contributed by atoms with Crippen molar-refractivity contribution in [3.8, 4) is 0 Å². The zero-order valence-corrected chi connectivity index (χ0v) is 29.4. The van der Waals surface area contributed by atoms with E-state index in [1.54, 1.807) is 42.7 Å². The van der Waals surface area contributed by atoms with E-state index in [1.165, 1.54) is 16.7 Å². The summed E-state index contributed by atoms with van der Waals surface area (Å²) in [6.07, 6.45) is 0. The van der Waals surface area contributed by atoms with E-state index < -0.39 is 25.7 Å². The topological polar surface area (TPSA) is 55.4 Å². The molecule has 0 spiro atoms. The van der Waals surface area contributed by atoms with Crippen LogP contribution in [0.5, 0.6) is 0 Å². The van der Waals surface area contributed by atoms with Gasteiger partial charge in [0.1, 0.15) is 0 Å². The van der Waals surface area contributed by atoms with Crippen LogP contribution >= 0.6 is 0 Å². The van der Waals surface area contributed by atoms with Gasteiger partial charge >= 0.3 is 25.7 Å². The largest absolute Gasteiger partial charge is 0.394 e. The summed E-state index contributed by atoms with van der Waals surface area (Å²) in [4.78, 5) is 0. The Bertz CT molecular complexity index is 1020. The number of hydrogen-bond acceptors (Lipinski definition) is 6. The standard InChI is InChI=1S/C28H42O6Si4/c1-29-36(7,30-2)25-16-10-22(11-17-25)28(35,23-12-18-26(19-13-23)37(8,31-3)32-4)24-14-20-27(21-15-24)38(9,33-5)34-6/h10-21H,1-9,35H3. The first-order valence-electron chi connectivity index (χ1n) is 12.6. The molecule has 6 nitrogen and oxygen atoms in total. The van der Waals surface area contributed by atoms with Gasteiger partial charge in [0.05, 0.1) is 0 Å². The Balaban J connectivity index is 2.17. The monoisotopic (exact) mass is 586 g/mol. The molecule has 0 unspecified atom stereocenters. The van der Waals surface area contributed by atoms with Gasteiger partial charge in [0, 0.05) is 57.9 Å². The molecule has 0 aliphatic rings. The number of hydrogen-bond donors (Lipinski definition) is 0. The summed E-state index contributed by atoms with van der Waals surface area (Å²) in [6.45, 7) is 6.19. The van der Waals surface area contributed by atoms with Gasteiger partial charge in [0.15, 0.2) is 0 Å².